The van der Waals surface area contributed by atoms with Crippen molar-refractivity contribution in [2.24, 2.45) is 0 Å². The Morgan fingerprint density at radius 2 is 1.71 bits per heavy atom. The van der Waals surface area contributed by atoms with Gasteiger partial charge >= 0.3 is 0 Å². The van der Waals surface area contributed by atoms with E-state index in [9.17, 15) is 4.79 Å². The maximum Gasteiger partial charge on any atom is 0.161 e. The number of hydrogen-bond acceptors (Lipinski definition) is 4. The maximum atomic E-state index is 9.81. The van der Waals surface area contributed by atoms with Crippen LogP contribution in [0.2, 0.25) is 0 Å². The van der Waals surface area contributed by atoms with Gasteiger partial charge in [0.2, 0.25) is 0 Å². The molecule has 0 atom stereocenters. The largest absolute Gasteiger partial charge is 0.508 e. The van der Waals surface area contributed by atoms with Gasteiger partial charge in [0.15, 0.2) is 11.5 Å². The van der Waals surface area contributed by atoms with Crippen LogP contribution < -0.4 is 0 Å². The van der Waals surface area contributed by atoms with Gasteiger partial charge in [-0.1, -0.05) is 6.92 Å². The zero-order valence-corrected chi connectivity index (χ0v) is 8.19. The predicted molar refractivity (Wildman–Crippen MR) is 52.4 cm³/mol. The summed E-state index contributed by atoms with van der Waals surface area (Å²) < 4.78 is 0. The molecule has 0 bridgehead atoms. The number of benzene rings is 1. The molecule has 1 rings (SSSR count). The summed E-state index contributed by atoms with van der Waals surface area (Å²) in [6.07, 6.45) is 0.667. The first-order valence-electron chi connectivity index (χ1n) is 4.17. The summed E-state index contributed by atoms with van der Waals surface area (Å²) in [5, 5.41) is 26.0. The number of carbonyl (C=O) groups excluding carboxylic acids is 1. The second-order valence-corrected chi connectivity index (χ2v) is 2.73. The second kappa shape index (κ2) is 5.85. The van der Waals surface area contributed by atoms with E-state index < -0.39 is 0 Å². The van der Waals surface area contributed by atoms with Crippen molar-refractivity contribution >= 4 is 5.78 Å². The van der Waals surface area contributed by atoms with Crippen LogP contribution in [0.4, 0.5) is 0 Å². The van der Waals surface area contributed by atoms with Gasteiger partial charge in [0.25, 0.3) is 0 Å². The number of phenolic OH excluding ortho intramolecular Hbond substituents is 3. The van der Waals surface area contributed by atoms with Gasteiger partial charge < -0.3 is 20.1 Å². The zero-order chi connectivity index (χ0) is 11.1. The van der Waals surface area contributed by atoms with E-state index in [2.05, 4.69) is 0 Å². The third-order valence-corrected chi connectivity index (χ3v) is 1.46. The van der Waals surface area contributed by atoms with Gasteiger partial charge in [-0.05, 0) is 19.1 Å². The highest BCUT2D eigenvalue weighted by Gasteiger charge is 1.96. The number of Topliss-reactive ketones (excluding diaryl/α,β-unsaturated/α-hetero) is 1. The molecule has 4 nitrogen and oxygen atoms in total. The van der Waals surface area contributed by atoms with Crippen LogP contribution in [0.5, 0.6) is 17.2 Å². The molecule has 0 unspecified atom stereocenters. The number of rotatable bonds is 1. The average Bonchev–Trinajstić information content (AvgIpc) is 2.13. The average molecular weight is 198 g/mol. The molecule has 0 aliphatic rings. The van der Waals surface area contributed by atoms with E-state index in [4.69, 9.17) is 15.3 Å². The van der Waals surface area contributed by atoms with E-state index in [0.29, 0.717) is 6.42 Å². The molecular formula is C10H14O4. The minimum absolute atomic E-state index is 0.0645. The Morgan fingerprint density at radius 3 is 2.00 bits per heavy atom. The number of ketones is 1. The fourth-order valence-corrected chi connectivity index (χ4v) is 0.512. The number of carbonyl (C=O) groups is 1. The van der Waals surface area contributed by atoms with Gasteiger partial charge in [-0.25, -0.2) is 0 Å². The molecule has 0 aliphatic heterocycles. The molecular weight excluding hydrogens is 184 g/mol. The molecule has 0 aromatic heterocycles. The minimum atomic E-state index is -0.310. The molecule has 0 radical (unpaired) electrons. The molecule has 78 valence electrons. The molecule has 0 saturated heterocycles. The van der Waals surface area contributed by atoms with Gasteiger partial charge in [0.1, 0.15) is 11.5 Å². The Labute approximate surface area is 82.4 Å². The lowest BCUT2D eigenvalue weighted by Crippen LogP contribution is -1.80. The molecule has 0 amide bonds. The minimum Gasteiger partial charge on any atom is -0.508 e. The third-order valence-electron chi connectivity index (χ3n) is 1.46. The van der Waals surface area contributed by atoms with E-state index in [1.165, 1.54) is 12.1 Å². The van der Waals surface area contributed by atoms with E-state index in [0.717, 1.165) is 6.07 Å². The molecule has 14 heavy (non-hydrogen) atoms. The normalized spacial score (nSPS) is 8.71. The molecule has 0 saturated carbocycles. The van der Waals surface area contributed by atoms with Crippen LogP contribution in [-0.2, 0) is 4.79 Å². The number of hydrogen-bond donors (Lipinski definition) is 3. The van der Waals surface area contributed by atoms with Crippen LogP contribution in [0, 0.1) is 0 Å². The quantitative estimate of drug-likeness (QED) is 0.475. The van der Waals surface area contributed by atoms with Crippen molar-refractivity contribution in [2.75, 3.05) is 0 Å². The van der Waals surface area contributed by atoms with Crippen molar-refractivity contribution in [1.82, 2.24) is 0 Å². The van der Waals surface area contributed by atoms with Gasteiger partial charge in [-0.15, -0.1) is 0 Å². The summed E-state index contributed by atoms with van der Waals surface area (Å²) in [4.78, 5) is 9.81. The molecule has 3 N–H and O–H groups in total. The first-order chi connectivity index (χ1) is 6.47. The highest BCUT2D eigenvalue weighted by Crippen LogP contribution is 2.27. The second-order valence-electron chi connectivity index (χ2n) is 2.73. The third kappa shape index (κ3) is 5.03. The summed E-state index contributed by atoms with van der Waals surface area (Å²) in [5.74, 6) is -0.349. The molecule has 0 aliphatic carbocycles. The van der Waals surface area contributed by atoms with E-state index in [1.807, 2.05) is 6.92 Å². The predicted octanol–water partition coefficient (Wildman–Crippen LogP) is 1.79. The van der Waals surface area contributed by atoms with Crippen LogP contribution in [0.25, 0.3) is 0 Å². The standard InChI is InChI=1S/C6H6O3.C4H8O/c7-4-1-2-5(8)6(9)3-4;1-3-4(2)5/h1-3,7-9H;3H2,1-2H3. The zero-order valence-electron chi connectivity index (χ0n) is 8.19. The van der Waals surface area contributed by atoms with Crippen molar-refractivity contribution in [3.05, 3.63) is 18.2 Å². The Balaban J connectivity index is 0.000000292. The first-order valence-corrected chi connectivity index (χ1v) is 4.17. The fourth-order valence-electron chi connectivity index (χ4n) is 0.512. The van der Waals surface area contributed by atoms with E-state index in [1.54, 1.807) is 6.92 Å². The summed E-state index contributed by atoms with van der Waals surface area (Å²) in [6, 6.07) is 3.56. The van der Waals surface area contributed by atoms with E-state index in [-0.39, 0.29) is 23.0 Å². The first kappa shape index (κ1) is 12.3. The Hall–Kier alpha value is -1.71. The van der Waals surface area contributed by atoms with Crippen molar-refractivity contribution in [3.8, 4) is 17.2 Å². The van der Waals surface area contributed by atoms with Crippen LogP contribution >= 0.6 is 0 Å². The SMILES string of the molecule is CCC(C)=O.Oc1ccc(O)c(O)c1. The van der Waals surface area contributed by atoms with Crippen LogP contribution in [-0.4, -0.2) is 21.1 Å². The molecule has 0 heterocycles. The van der Waals surface area contributed by atoms with Crippen LogP contribution in [0.1, 0.15) is 20.3 Å². The molecule has 4 heteroatoms. The van der Waals surface area contributed by atoms with Crippen molar-refractivity contribution < 1.29 is 20.1 Å². The van der Waals surface area contributed by atoms with Gasteiger partial charge in [-0.3, -0.25) is 0 Å². The lowest BCUT2D eigenvalue weighted by atomic mass is 10.3. The molecule has 0 spiro atoms. The Morgan fingerprint density at radius 1 is 1.21 bits per heavy atom. The maximum absolute atomic E-state index is 9.81. The Kier molecular flexibility index (Phi) is 5.14. The smallest absolute Gasteiger partial charge is 0.161 e. The highest BCUT2D eigenvalue weighted by molar-refractivity contribution is 5.74. The van der Waals surface area contributed by atoms with Gasteiger partial charge in [0.05, 0.1) is 0 Å². The van der Waals surface area contributed by atoms with E-state index >= 15 is 0 Å². The number of aromatic hydroxyl groups is 3. The van der Waals surface area contributed by atoms with Crippen molar-refractivity contribution in [1.29, 1.82) is 0 Å². The Bertz CT molecular complexity index is 307. The summed E-state index contributed by atoms with van der Waals surface area (Å²) in [7, 11) is 0. The monoisotopic (exact) mass is 198 g/mol. The van der Waals surface area contributed by atoms with Crippen molar-refractivity contribution in [2.45, 2.75) is 20.3 Å². The summed E-state index contributed by atoms with van der Waals surface area (Å²) in [5.41, 5.74) is 0. The topological polar surface area (TPSA) is 77.8 Å². The lowest BCUT2D eigenvalue weighted by molar-refractivity contribution is -0.116. The lowest BCUT2D eigenvalue weighted by Gasteiger charge is -1.95. The number of phenols is 3. The molecule has 1 aromatic carbocycles. The fraction of sp³-hybridized carbons (Fsp3) is 0.300. The van der Waals surface area contributed by atoms with Gasteiger partial charge in [0, 0.05) is 12.5 Å². The van der Waals surface area contributed by atoms with Crippen LogP contribution in [0.15, 0.2) is 18.2 Å². The summed E-state index contributed by atoms with van der Waals surface area (Å²) >= 11 is 0. The molecule has 0 fully saturated rings. The van der Waals surface area contributed by atoms with Crippen molar-refractivity contribution in [3.63, 3.8) is 0 Å². The highest BCUT2D eigenvalue weighted by atomic mass is 16.3. The van der Waals surface area contributed by atoms with Crippen LogP contribution in [0.3, 0.4) is 0 Å². The van der Waals surface area contributed by atoms with Gasteiger partial charge in [-0.2, -0.15) is 0 Å². The summed E-state index contributed by atoms with van der Waals surface area (Å²) in [6.45, 7) is 3.43. The molecule has 1 aromatic rings.